The maximum absolute atomic E-state index is 4.85. The van der Waals surface area contributed by atoms with Gasteiger partial charge in [-0.3, -0.25) is 0 Å². The first-order chi connectivity index (χ1) is 8.88. The van der Waals surface area contributed by atoms with Crippen LogP contribution in [0.4, 0.5) is 5.82 Å². The molecule has 100 valence electrons. The molecule has 0 saturated heterocycles. The van der Waals surface area contributed by atoms with Crippen molar-refractivity contribution in [3.05, 3.63) is 11.8 Å². The number of hydrogen-bond donors (Lipinski definition) is 1. The zero-order chi connectivity index (χ0) is 12.4. The second kappa shape index (κ2) is 5.33. The molecular formula is C15H25N3. The van der Waals surface area contributed by atoms with Crippen LogP contribution in [0.1, 0.15) is 63.6 Å². The summed E-state index contributed by atoms with van der Waals surface area (Å²) in [7, 11) is 0. The van der Waals surface area contributed by atoms with Crippen LogP contribution in [0.25, 0.3) is 0 Å². The number of anilines is 1. The van der Waals surface area contributed by atoms with Gasteiger partial charge in [-0.1, -0.05) is 32.6 Å². The van der Waals surface area contributed by atoms with Gasteiger partial charge in [-0.2, -0.15) is 5.10 Å². The van der Waals surface area contributed by atoms with Crippen molar-refractivity contribution in [1.82, 2.24) is 9.78 Å². The fraction of sp³-hybridized carbons (Fsp3) is 0.800. The minimum Gasteiger partial charge on any atom is -0.370 e. The second-order valence-corrected chi connectivity index (χ2v) is 5.90. The lowest BCUT2D eigenvalue weighted by molar-refractivity contribution is 0.222. The number of nitrogens with one attached hydrogen (secondary N) is 1. The van der Waals surface area contributed by atoms with E-state index in [1.165, 1.54) is 56.5 Å². The molecule has 2 heterocycles. The zero-order valence-corrected chi connectivity index (χ0v) is 11.5. The van der Waals surface area contributed by atoms with Crippen LogP contribution >= 0.6 is 0 Å². The summed E-state index contributed by atoms with van der Waals surface area (Å²) >= 11 is 0. The fourth-order valence-electron chi connectivity index (χ4n) is 3.63. The Balaban J connectivity index is 1.81. The average molecular weight is 247 g/mol. The van der Waals surface area contributed by atoms with Gasteiger partial charge in [0.1, 0.15) is 5.82 Å². The van der Waals surface area contributed by atoms with Gasteiger partial charge in [0.2, 0.25) is 0 Å². The smallest absolute Gasteiger partial charge is 0.124 e. The maximum Gasteiger partial charge on any atom is 0.124 e. The molecule has 2 aliphatic rings. The fourth-order valence-corrected chi connectivity index (χ4v) is 3.63. The highest BCUT2D eigenvalue weighted by Gasteiger charge is 2.29. The first-order valence-electron chi connectivity index (χ1n) is 7.71. The summed E-state index contributed by atoms with van der Waals surface area (Å²) in [6.45, 7) is 3.35. The third-order valence-electron chi connectivity index (χ3n) is 4.55. The van der Waals surface area contributed by atoms with Crippen molar-refractivity contribution >= 4 is 5.82 Å². The lowest BCUT2D eigenvalue weighted by Crippen LogP contribution is -2.30. The van der Waals surface area contributed by atoms with Crippen LogP contribution in [-0.2, 0) is 6.42 Å². The Morgan fingerprint density at radius 3 is 2.89 bits per heavy atom. The molecule has 3 heteroatoms. The highest BCUT2D eigenvalue weighted by atomic mass is 15.4. The van der Waals surface area contributed by atoms with Crippen molar-refractivity contribution in [1.29, 1.82) is 0 Å². The molecule has 0 spiro atoms. The maximum atomic E-state index is 4.85. The first-order valence-corrected chi connectivity index (χ1v) is 7.71. The summed E-state index contributed by atoms with van der Waals surface area (Å²) in [5.41, 5.74) is 1.27. The molecule has 1 aliphatic carbocycles. The molecule has 1 aromatic heterocycles. The van der Waals surface area contributed by atoms with Gasteiger partial charge in [0, 0.05) is 12.6 Å². The van der Waals surface area contributed by atoms with E-state index in [1.54, 1.807) is 0 Å². The van der Waals surface area contributed by atoms with E-state index < -0.39 is 0 Å². The van der Waals surface area contributed by atoms with Crippen LogP contribution in [0.2, 0.25) is 0 Å². The summed E-state index contributed by atoms with van der Waals surface area (Å²) in [6.07, 6.45) is 10.7. The first kappa shape index (κ1) is 12.1. The summed E-state index contributed by atoms with van der Waals surface area (Å²) < 4.78 is 2.31. The molecule has 1 aliphatic heterocycles. The van der Waals surface area contributed by atoms with Crippen molar-refractivity contribution in [2.24, 2.45) is 5.92 Å². The summed E-state index contributed by atoms with van der Waals surface area (Å²) in [5, 5.41) is 8.36. The monoisotopic (exact) mass is 247 g/mol. The molecule has 1 N–H and O–H groups in total. The summed E-state index contributed by atoms with van der Waals surface area (Å²) in [4.78, 5) is 0. The molecule has 1 saturated carbocycles. The molecule has 0 aromatic carbocycles. The van der Waals surface area contributed by atoms with E-state index in [0.29, 0.717) is 6.04 Å². The van der Waals surface area contributed by atoms with Crippen LogP contribution in [0.5, 0.6) is 0 Å². The number of nitrogens with zero attached hydrogens (tertiary/aromatic N) is 2. The van der Waals surface area contributed by atoms with Crippen LogP contribution < -0.4 is 5.32 Å². The minimum absolute atomic E-state index is 0.659. The average Bonchev–Trinajstić information content (AvgIpc) is 2.82. The van der Waals surface area contributed by atoms with Gasteiger partial charge in [-0.25, -0.2) is 4.68 Å². The van der Waals surface area contributed by atoms with E-state index >= 15 is 0 Å². The molecule has 18 heavy (non-hydrogen) atoms. The Kier molecular flexibility index (Phi) is 3.57. The van der Waals surface area contributed by atoms with Gasteiger partial charge < -0.3 is 5.32 Å². The van der Waals surface area contributed by atoms with Gasteiger partial charge >= 0.3 is 0 Å². The van der Waals surface area contributed by atoms with E-state index in [9.17, 15) is 0 Å². The van der Waals surface area contributed by atoms with Gasteiger partial charge in [0.15, 0.2) is 0 Å². The number of aromatic nitrogens is 2. The Bertz CT molecular complexity index is 390. The van der Waals surface area contributed by atoms with Crippen molar-refractivity contribution in [3.63, 3.8) is 0 Å². The topological polar surface area (TPSA) is 29.9 Å². The molecule has 3 rings (SSSR count). The molecule has 1 fully saturated rings. The lowest BCUT2D eigenvalue weighted by Gasteiger charge is -2.34. The van der Waals surface area contributed by atoms with E-state index in [1.807, 2.05) is 0 Å². The van der Waals surface area contributed by atoms with Crippen molar-refractivity contribution < 1.29 is 0 Å². The third kappa shape index (κ3) is 2.27. The van der Waals surface area contributed by atoms with Crippen molar-refractivity contribution in [2.75, 3.05) is 11.9 Å². The number of aryl methyl sites for hydroxylation is 1. The van der Waals surface area contributed by atoms with Crippen LogP contribution in [0.15, 0.2) is 6.07 Å². The normalized spacial score (nSPS) is 24.6. The molecule has 3 nitrogen and oxygen atoms in total. The SMILES string of the molecule is CCCc1cc2n(n1)C(C1CCCCC1)CCN2. The molecule has 0 radical (unpaired) electrons. The van der Waals surface area contributed by atoms with Crippen molar-refractivity contribution in [2.45, 2.75) is 64.3 Å². The van der Waals surface area contributed by atoms with Gasteiger partial charge in [0.05, 0.1) is 11.7 Å². The third-order valence-corrected chi connectivity index (χ3v) is 4.55. The Labute approximate surface area is 110 Å². The van der Waals surface area contributed by atoms with Crippen LogP contribution in [0.3, 0.4) is 0 Å². The Morgan fingerprint density at radius 2 is 2.11 bits per heavy atom. The second-order valence-electron chi connectivity index (χ2n) is 5.90. The number of hydrogen-bond acceptors (Lipinski definition) is 2. The molecule has 1 atom stereocenters. The largest absolute Gasteiger partial charge is 0.370 e. The molecule has 1 unspecified atom stereocenters. The molecule has 0 amide bonds. The quantitative estimate of drug-likeness (QED) is 0.881. The van der Waals surface area contributed by atoms with E-state index in [0.717, 1.165) is 18.9 Å². The predicted octanol–water partition coefficient (Wildman–Crippen LogP) is 3.77. The van der Waals surface area contributed by atoms with Crippen LogP contribution in [0, 0.1) is 5.92 Å². The van der Waals surface area contributed by atoms with E-state index in [4.69, 9.17) is 5.10 Å². The minimum atomic E-state index is 0.659. The Morgan fingerprint density at radius 1 is 1.28 bits per heavy atom. The standard InChI is InChI=1S/C15H25N3/c1-2-6-13-11-15-16-10-9-14(18(15)17-13)12-7-4-3-5-8-12/h11-12,14,16H,2-10H2,1H3. The zero-order valence-electron chi connectivity index (χ0n) is 11.5. The highest BCUT2D eigenvalue weighted by molar-refractivity contribution is 5.39. The lowest BCUT2D eigenvalue weighted by atomic mass is 9.82. The Hall–Kier alpha value is -0.990. The number of fused-ring (bicyclic) bond motifs is 1. The van der Waals surface area contributed by atoms with Gasteiger partial charge in [-0.05, 0) is 31.6 Å². The van der Waals surface area contributed by atoms with Crippen molar-refractivity contribution in [3.8, 4) is 0 Å². The van der Waals surface area contributed by atoms with Gasteiger partial charge in [-0.15, -0.1) is 0 Å². The summed E-state index contributed by atoms with van der Waals surface area (Å²) in [6, 6.07) is 2.92. The van der Waals surface area contributed by atoms with Crippen LogP contribution in [-0.4, -0.2) is 16.3 Å². The highest BCUT2D eigenvalue weighted by Crippen LogP contribution is 2.38. The van der Waals surface area contributed by atoms with Gasteiger partial charge in [0.25, 0.3) is 0 Å². The molecular weight excluding hydrogens is 222 g/mol. The van der Waals surface area contributed by atoms with E-state index in [2.05, 4.69) is 23.0 Å². The molecule has 0 bridgehead atoms. The summed E-state index contributed by atoms with van der Waals surface area (Å²) in [5.74, 6) is 2.13. The number of rotatable bonds is 3. The predicted molar refractivity (Wildman–Crippen MR) is 74.9 cm³/mol. The van der Waals surface area contributed by atoms with E-state index in [-0.39, 0.29) is 0 Å². The molecule has 1 aromatic rings.